The van der Waals surface area contributed by atoms with E-state index >= 15 is 0 Å². The van der Waals surface area contributed by atoms with Gasteiger partial charge in [0.25, 0.3) is 0 Å². The molecular formula is C6H3BrIN3S. The van der Waals surface area contributed by atoms with Crippen molar-refractivity contribution in [2.45, 2.75) is 0 Å². The molecule has 0 saturated carbocycles. The second-order valence-electron chi connectivity index (χ2n) is 2.17. The molecule has 0 saturated heterocycles. The first kappa shape index (κ1) is 8.64. The van der Waals surface area contributed by atoms with Gasteiger partial charge in [0.1, 0.15) is 10.4 Å². The highest BCUT2D eigenvalue weighted by molar-refractivity contribution is 14.1. The first-order valence-electron chi connectivity index (χ1n) is 3.05. The minimum absolute atomic E-state index is 0.549. The highest BCUT2D eigenvalue weighted by Gasteiger charge is 2.10. The third kappa shape index (κ3) is 1.21. The molecule has 0 aromatic carbocycles. The monoisotopic (exact) mass is 355 g/mol. The van der Waals surface area contributed by atoms with Crippen molar-refractivity contribution in [1.82, 2.24) is 9.36 Å². The molecule has 2 heterocycles. The molecular weight excluding hydrogens is 353 g/mol. The number of pyridine rings is 1. The van der Waals surface area contributed by atoms with Gasteiger partial charge in [-0.15, -0.1) is 0 Å². The minimum Gasteiger partial charge on any atom is -0.382 e. The third-order valence-electron chi connectivity index (χ3n) is 1.43. The fourth-order valence-corrected chi connectivity index (χ4v) is 2.95. The second-order valence-corrected chi connectivity index (χ2v) is 4.86. The summed E-state index contributed by atoms with van der Waals surface area (Å²) >= 11 is 6.96. The topological polar surface area (TPSA) is 51.8 Å². The molecule has 0 atom stereocenters. The van der Waals surface area contributed by atoms with Gasteiger partial charge in [-0.2, -0.15) is 4.37 Å². The van der Waals surface area contributed by atoms with E-state index in [9.17, 15) is 0 Å². The van der Waals surface area contributed by atoms with Crippen LogP contribution >= 0.6 is 50.1 Å². The van der Waals surface area contributed by atoms with Crippen LogP contribution in [0.2, 0.25) is 0 Å². The average molecular weight is 356 g/mol. The van der Waals surface area contributed by atoms with Crippen LogP contribution in [0.1, 0.15) is 0 Å². The maximum atomic E-state index is 5.67. The lowest BCUT2D eigenvalue weighted by atomic mass is 10.3. The zero-order valence-corrected chi connectivity index (χ0v) is 10.3. The first-order chi connectivity index (χ1) is 5.70. The maximum absolute atomic E-state index is 5.67. The molecule has 0 unspecified atom stereocenters. The summed E-state index contributed by atoms with van der Waals surface area (Å²) in [5, 5.41) is 0.923. The minimum atomic E-state index is 0.549. The fourth-order valence-electron chi connectivity index (χ4n) is 0.901. The molecule has 0 bridgehead atoms. The molecule has 0 aliphatic rings. The number of hydrogen-bond acceptors (Lipinski definition) is 4. The Hall–Kier alpha value is 0.0500. The van der Waals surface area contributed by atoms with Gasteiger partial charge < -0.3 is 5.73 Å². The number of nitrogens with two attached hydrogens (primary N) is 1. The Morgan fingerprint density at radius 2 is 2.33 bits per heavy atom. The molecule has 0 radical (unpaired) electrons. The number of halogens is 2. The molecule has 0 aliphatic heterocycles. The molecule has 12 heavy (non-hydrogen) atoms. The molecule has 2 rings (SSSR count). The molecule has 3 nitrogen and oxygen atoms in total. The maximum Gasteiger partial charge on any atom is 0.147 e. The quantitative estimate of drug-likeness (QED) is 0.583. The number of nitrogen functional groups attached to an aromatic ring is 1. The van der Waals surface area contributed by atoms with Crippen molar-refractivity contribution >= 4 is 66.0 Å². The van der Waals surface area contributed by atoms with Gasteiger partial charge >= 0.3 is 0 Å². The summed E-state index contributed by atoms with van der Waals surface area (Å²) in [6.07, 6.45) is 1.80. The summed E-state index contributed by atoms with van der Waals surface area (Å²) in [4.78, 5) is 4.14. The van der Waals surface area contributed by atoms with Crippen LogP contribution in [0.3, 0.4) is 0 Å². The summed E-state index contributed by atoms with van der Waals surface area (Å²) in [5.41, 5.74) is 5.67. The van der Waals surface area contributed by atoms with E-state index < -0.39 is 0 Å². The van der Waals surface area contributed by atoms with Gasteiger partial charge in [-0.05, 0) is 50.1 Å². The van der Waals surface area contributed by atoms with Crippen LogP contribution < -0.4 is 5.73 Å². The summed E-state index contributed by atoms with van der Waals surface area (Å²) < 4.78 is 7.01. The van der Waals surface area contributed by atoms with Crippen LogP contribution in [0.15, 0.2) is 10.8 Å². The van der Waals surface area contributed by atoms with Crippen molar-refractivity contribution in [2.24, 2.45) is 0 Å². The van der Waals surface area contributed by atoms with Crippen molar-refractivity contribution in [2.75, 3.05) is 5.73 Å². The Bertz CT molecular complexity index is 442. The highest BCUT2D eigenvalue weighted by atomic mass is 127. The van der Waals surface area contributed by atoms with Crippen molar-refractivity contribution in [3.05, 3.63) is 14.4 Å². The molecule has 0 amide bonds. The van der Waals surface area contributed by atoms with Crippen LogP contribution in [0.25, 0.3) is 10.1 Å². The lowest BCUT2D eigenvalue weighted by Gasteiger charge is -1.94. The fraction of sp³-hybridized carbons (Fsp3) is 0. The van der Waals surface area contributed by atoms with Crippen LogP contribution in [-0.2, 0) is 0 Å². The van der Waals surface area contributed by atoms with Gasteiger partial charge in [-0.1, -0.05) is 0 Å². The predicted octanol–water partition coefficient (Wildman–Crippen LogP) is 2.64. The molecule has 62 valence electrons. The Balaban J connectivity index is 2.98. The number of rotatable bonds is 0. The molecule has 0 aliphatic carbocycles. The average Bonchev–Trinajstić information content (AvgIpc) is 2.42. The molecule has 0 fully saturated rings. The SMILES string of the molecule is Nc1nsc2c(I)cnc(Br)c12. The lowest BCUT2D eigenvalue weighted by Crippen LogP contribution is -1.86. The molecule has 2 aromatic heterocycles. The largest absolute Gasteiger partial charge is 0.382 e. The van der Waals surface area contributed by atoms with E-state index in [4.69, 9.17) is 5.73 Å². The molecule has 2 N–H and O–H groups in total. The van der Waals surface area contributed by atoms with Gasteiger partial charge in [-0.3, -0.25) is 0 Å². The van der Waals surface area contributed by atoms with E-state index in [1.807, 2.05) is 0 Å². The van der Waals surface area contributed by atoms with Crippen molar-refractivity contribution in [3.63, 3.8) is 0 Å². The zero-order valence-electron chi connectivity index (χ0n) is 5.71. The smallest absolute Gasteiger partial charge is 0.147 e. The lowest BCUT2D eigenvalue weighted by molar-refractivity contribution is 1.30. The Morgan fingerprint density at radius 1 is 1.58 bits per heavy atom. The Morgan fingerprint density at radius 3 is 3.00 bits per heavy atom. The van der Waals surface area contributed by atoms with E-state index in [2.05, 4.69) is 47.9 Å². The van der Waals surface area contributed by atoms with Gasteiger partial charge in [0.15, 0.2) is 0 Å². The van der Waals surface area contributed by atoms with E-state index in [1.54, 1.807) is 6.20 Å². The second kappa shape index (κ2) is 3.08. The number of aromatic nitrogens is 2. The zero-order chi connectivity index (χ0) is 8.72. The summed E-state index contributed by atoms with van der Waals surface area (Å²) in [5.74, 6) is 0.549. The molecule has 6 heteroatoms. The van der Waals surface area contributed by atoms with Gasteiger partial charge in [0.05, 0.1) is 13.7 Å². The number of anilines is 1. The van der Waals surface area contributed by atoms with Crippen molar-refractivity contribution in [3.8, 4) is 0 Å². The van der Waals surface area contributed by atoms with Gasteiger partial charge in [0, 0.05) is 6.20 Å². The number of fused-ring (bicyclic) bond motifs is 1. The van der Waals surface area contributed by atoms with E-state index in [0.717, 1.165) is 18.3 Å². The molecule has 2 aromatic rings. The van der Waals surface area contributed by atoms with Crippen molar-refractivity contribution < 1.29 is 0 Å². The third-order valence-corrected chi connectivity index (χ3v) is 4.11. The first-order valence-corrected chi connectivity index (χ1v) is 5.69. The standard InChI is InChI=1S/C6H3BrIN3S/c7-5-3-4(2(8)1-10-5)12-11-6(3)9/h1H,(H2,9,11). The molecule has 0 spiro atoms. The Kier molecular flexibility index (Phi) is 2.21. The van der Waals surface area contributed by atoms with E-state index in [1.165, 1.54) is 11.5 Å². The number of hydrogen-bond donors (Lipinski definition) is 1. The van der Waals surface area contributed by atoms with Crippen LogP contribution in [-0.4, -0.2) is 9.36 Å². The summed E-state index contributed by atoms with van der Waals surface area (Å²) in [6, 6.07) is 0. The van der Waals surface area contributed by atoms with Gasteiger partial charge in [0.2, 0.25) is 0 Å². The normalized spacial score (nSPS) is 10.8. The van der Waals surface area contributed by atoms with Crippen molar-refractivity contribution in [1.29, 1.82) is 0 Å². The number of nitrogens with zero attached hydrogens (tertiary/aromatic N) is 2. The van der Waals surface area contributed by atoms with E-state index in [-0.39, 0.29) is 0 Å². The summed E-state index contributed by atoms with van der Waals surface area (Å²) in [6.45, 7) is 0. The highest BCUT2D eigenvalue weighted by Crippen LogP contribution is 2.32. The Labute approximate surface area is 94.8 Å². The van der Waals surface area contributed by atoms with Crippen LogP contribution in [0.4, 0.5) is 5.82 Å². The summed E-state index contributed by atoms with van der Waals surface area (Å²) in [7, 11) is 0. The predicted molar refractivity (Wildman–Crippen MR) is 62.2 cm³/mol. The van der Waals surface area contributed by atoms with E-state index in [0.29, 0.717) is 5.82 Å². The van der Waals surface area contributed by atoms with Crippen LogP contribution in [0, 0.1) is 3.57 Å². The van der Waals surface area contributed by atoms with Gasteiger partial charge in [-0.25, -0.2) is 4.98 Å². The van der Waals surface area contributed by atoms with Crippen LogP contribution in [0.5, 0.6) is 0 Å².